The highest BCUT2D eigenvalue weighted by Crippen LogP contribution is 2.36. The zero-order chi connectivity index (χ0) is 15.1. The molecule has 1 N–H and O–H groups in total. The molecule has 1 saturated carbocycles. The van der Waals surface area contributed by atoms with Crippen LogP contribution in [-0.2, 0) is 4.74 Å². The van der Waals surface area contributed by atoms with Crippen LogP contribution in [0.4, 0.5) is 0 Å². The first-order chi connectivity index (χ1) is 10.3. The molecule has 1 fully saturated rings. The van der Waals surface area contributed by atoms with Crippen molar-refractivity contribution in [1.29, 1.82) is 0 Å². The second-order valence-corrected chi connectivity index (χ2v) is 6.28. The molecular weight excluding hydrogens is 282 g/mol. The second kappa shape index (κ2) is 8.77. The van der Waals surface area contributed by atoms with Crippen molar-refractivity contribution in [2.75, 3.05) is 13.2 Å². The van der Waals surface area contributed by atoms with Crippen molar-refractivity contribution in [3.05, 3.63) is 34.9 Å². The van der Waals surface area contributed by atoms with Crippen LogP contribution in [0.2, 0.25) is 5.02 Å². The first kappa shape index (κ1) is 16.8. The molecule has 21 heavy (non-hydrogen) atoms. The number of likely N-dealkylation sites (N-methyl/N-ethyl adjacent to an activating group) is 1. The molecule has 2 nitrogen and oxygen atoms in total. The van der Waals surface area contributed by atoms with E-state index in [2.05, 4.69) is 31.3 Å². The molecule has 0 spiro atoms. The van der Waals surface area contributed by atoms with Crippen molar-refractivity contribution in [2.24, 2.45) is 5.92 Å². The van der Waals surface area contributed by atoms with Gasteiger partial charge in [-0.15, -0.1) is 0 Å². The van der Waals surface area contributed by atoms with Crippen LogP contribution in [0.5, 0.6) is 0 Å². The lowest BCUT2D eigenvalue weighted by molar-refractivity contribution is -0.0180. The Kier molecular flexibility index (Phi) is 7.01. The molecule has 2 rings (SSSR count). The molecule has 0 aromatic heterocycles. The van der Waals surface area contributed by atoms with Crippen molar-refractivity contribution in [1.82, 2.24) is 5.32 Å². The van der Waals surface area contributed by atoms with Gasteiger partial charge in [0, 0.05) is 11.6 Å². The quantitative estimate of drug-likeness (QED) is 0.767. The molecule has 0 radical (unpaired) electrons. The fourth-order valence-electron chi connectivity index (χ4n) is 3.51. The highest BCUT2D eigenvalue weighted by atomic mass is 35.5. The van der Waals surface area contributed by atoms with Gasteiger partial charge in [0.1, 0.15) is 0 Å². The first-order valence-corrected chi connectivity index (χ1v) is 8.75. The predicted molar refractivity (Wildman–Crippen MR) is 89.9 cm³/mol. The second-order valence-electron chi connectivity index (χ2n) is 5.87. The Balaban J connectivity index is 2.25. The van der Waals surface area contributed by atoms with Crippen LogP contribution in [0.3, 0.4) is 0 Å². The maximum Gasteiger partial charge on any atom is 0.0798 e. The average molecular weight is 310 g/mol. The van der Waals surface area contributed by atoms with E-state index >= 15 is 0 Å². The first-order valence-electron chi connectivity index (χ1n) is 8.37. The standard InChI is InChI=1S/C18H28ClNO/c1-3-20-17(15-12-8-9-13-16(15)19)18(21-4-2)14-10-6-5-7-11-14/h8-9,12-14,17-18,20H,3-7,10-11H2,1-2H3. The molecule has 1 aliphatic rings. The number of hydrogen-bond donors (Lipinski definition) is 1. The summed E-state index contributed by atoms with van der Waals surface area (Å²) in [6.45, 7) is 5.92. The molecule has 3 heteroatoms. The van der Waals surface area contributed by atoms with Gasteiger partial charge >= 0.3 is 0 Å². The summed E-state index contributed by atoms with van der Waals surface area (Å²) in [5, 5.41) is 4.45. The van der Waals surface area contributed by atoms with Gasteiger partial charge in [-0.05, 0) is 43.9 Å². The molecule has 2 unspecified atom stereocenters. The van der Waals surface area contributed by atoms with Crippen LogP contribution in [-0.4, -0.2) is 19.3 Å². The monoisotopic (exact) mass is 309 g/mol. The van der Waals surface area contributed by atoms with E-state index in [0.29, 0.717) is 5.92 Å². The summed E-state index contributed by atoms with van der Waals surface area (Å²) in [6.07, 6.45) is 6.79. The van der Waals surface area contributed by atoms with E-state index in [9.17, 15) is 0 Å². The number of nitrogens with one attached hydrogen (secondary N) is 1. The molecule has 0 amide bonds. The van der Waals surface area contributed by atoms with E-state index in [1.807, 2.05) is 12.1 Å². The van der Waals surface area contributed by atoms with Gasteiger partial charge in [-0.1, -0.05) is 56.0 Å². The van der Waals surface area contributed by atoms with Gasteiger partial charge in [0.25, 0.3) is 0 Å². The number of rotatable bonds is 7. The summed E-state index contributed by atoms with van der Waals surface area (Å²) in [4.78, 5) is 0. The van der Waals surface area contributed by atoms with E-state index in [1.165, 1.54) is 37.7 Å². The SMILES string of the molecule is CCNC(c1ccccc1Cl)C(OCC)C1CCCCC1. The minimum absolute atomic E-state index is 0.187. The Hall–Kier alpha value is -0.570. The Bertz CT molecular complexity index is 417. The van der Waals surface area contributed by atoms with Crippen molar-refractivity contribution >= 4 is 11.6 Å². The average Bonchev–Trinajstić information content (AvgIpc) is 2.52. The van der Waals surface area contributed by atoms with Crippen molar-refractivity contribution in [3.8, 4) is 0 Å². The zero-order valence-electron chi connectivity index (χ0n) is 13.3. The topological polar surface area (TPSA) is 21.3 Å². The maximum absolute atomic E-state index is 6.44. The number of benzene rings is 1. The van der Waals surface area contributed by atoms with Crippen molar-refractivity contribution in [3.63, 3.8) is 0 Å². The van der Waals surface area contributed by atoms with E-state index in [-0.39, 0.29) is 12.1 Å². The lowest BCUT2D eigenvalue weighted by Crippen LogP contribution is -2.40. The summed E-state index contributed by atoms with van der Waals surface area (Å²) >= 11 is 6.44. The van der Waals surface area contributed by atoms with Crippen LogP contribution in [0, 0.1) is 5.92 Å². The highest BCUT2D eigenvalue weighted by molar-refractivity contribution is 6.31. The minimum Gasteiger partial charge on any atom is -0.376 e. The van der Waals surface area contributed by atoms with Crippen LogP contribution in [0.15, 0.2) is 24.3 Å². The smallest absolute Gasteiger partial charge is 0.0798 e. The van der Waals surface area contributed by atoms with E-state index in [1.54, 1.807) is 0 Å². The van der Waals surface area contributed by atoms with Gasteiger partial charge in [-0.25, -0.2) is 0 Å². The molecule has 0 saturated heterocycles. The van der Waals surface area contributed by atoms with E-state index in [4.69, 9.17) is 16.3 Å². The Morgan fingerprint density at radius 2 is 1.90 bits per heavy atom. The van der Waals surface area contributed by atoms with Crippen molar-refractivity contribution < 1.29 is 4.74 Å². The lowest BCUT2D eigenvalue weighted by atomic mass is 9.81. The minimum atomic E-state index is 0.187. The summed E-state index contributed by atoms with van der Waals surface area (Å²) < 4.78 is 6.18. The fraction of sp³-hybridized carbons (Fsp3) is 0.667. The summed E-state index contributed by atoms with van der Waals surface area (Å²) in [6, 6.07) is 8.35. The largest absolute Gasteiger partial charge is 0.376 e. The van der Waals surface area contributed by atoms with Crippen LogP contribution >= 0.6 is 11.6 Å². The van der Waals surface area contributed by atoms with Crippen LogP contribution in [0.1, 0.15) is 57.6 Å². The molecule has 0 bridgehead atoms. The third-order valence-corrected chi connectivity index (χ3v) is 4.81. The number of hydrogen-bond acceptors (Lipinski definition) is 2. The number of ether oxygens (including phenoxy) is 1. The van der Waals surface area contributed by atoms with Gasteiger partial charge in [0.05, 0.1) is 12.1 Å². The van der Waals surface area contributed by atoms with Gasteiger partial charge < -0.3 is 10.1 Å². The van der Waals surface area contributed by atoms with Gasteiger partial charge in [-0.2, -0.15) is 0 Å². The summed E-state index contributed by atoms with van der Waals surface area (Å²) in [5.41, 5.74) is 1.17. The third kappa shape index (κ3) is 4.45. The normalized spacial score (nSPS) is 19.4. The molecule has 1 aromatic rings. The molecule has 1 aliphatic carbocycles. The summed E-state index contributed by atoms with van der Waals surface area (Å²) in [7, 11) is 0. The molecule has 1 aromatic carbocycles. The zero-order valence-corrected chi connectivity index (χ0v) is 14.0. The van der Waals surface area contributed by atoms with Crippen LogP contribution in [0.25, 0.3) is 0 Å². The third-order valence-electron chi connectivity index (χ3n) is 4.47. The highest BCUT2D eigenvalue weighted by Gasteiger charge is 2.32. The lowest BCUT2D eigenvalue weighted by Gasteiger charge is -2.36. The fourth-order valence-corrected chi connectivity index (χ4v) is 3.76. The molecule has 0 aliphatic heterocycles. The Morgan fingerprint density at radius 3 is 2.52 bits per heavy atom. The van der Waals surface area contributed by atoms with E-state index in [0.717, 1.165) is 18.2 Å². The molecule has 0 heterocycles. The van der Waals surface area contributed by atoms with Gasteiger partial charge in [0.2, 0.25) is 0 Å². The molecular formula is C18H28ClNO. The predicted octanol–water partition coefficient (Wildman–Crippen LogP) is 4.98. The van der Waals surface area contributed by atoms with Crippen LogP contribution < -0.4 is 5.32 Å². The van der Waals surface area contributed by atoms with Crippen molar-refractivity contribution in [2.45, 2.75) is 58.1 Å². The summed E-state index contributed by atoms with van der Waals surface area (Å²) in [5.74, 6) is 0.638. The Labute approximate surface area is 134 Å². The van der Waals surface area contributed by atoms with Gasteiger partial charge in [-0.3, -0.25) is 0 Å². The van der Waals surface area contributed by atoms with Gasteiger partial charge in [0.15, 0.2) is 0 Å². The van der Waals surface area contributed by atoms with E-state index < -0.39 is 0 Å². The Morgan fingerprint density at radius 1 is 1.19 bits per heavy atom. The molecule has 118 valence electrons. The maximum atomic E-state index is 6.44. The molecule has 2 atom stereocenters. The number of halogens is 1.